The van der Waals surface area contributed by atoms with Gasteiger partial charge < -0.3 is 38.7 Å². The molecule has 6 rings (SSSR count). The topological polar surface area (TPSA) is 183 Å². The van der Waals surface area contributed by atoms with Gasteiger partial charge in [-0.05, 0) is 64.5 Å². The molecule has 1 aromatic carbocycles. The van der Waals surface area contributed by atoms with Gasteiger partial charge in [0.25, 0.3) is 6.01 Å². The largest absolute Gasteiger partial charge is 0.491 e. The molecule has 2 aromatic heterocycles. The maximum absolute atomic E-state index is 14.7. The van der Waals surface area contributed by atoms with Crippen molar-refractivity contribution >= 4 is 52.1 Å². The van der Waals surface area contributed by atoms with E-state index in [0.717, 1.165) is 13.1 Å². The number of nitrogens with zero attached hydrogens (tertiary/aromatic N) is 4. The van der Waals surface area contributed by atoms with Crippen molar-refractivity contribution in [2.45, 2.75) is 105 Å². The molecule has 2 N–H and O–H groups in total. The minimum Gasteiger partial charge on any atom is -0.491 e. The van der Waals surface area contributed by atoms with E-state index < -0.39 is 58.1 Å². The Balaban J connectivity index is 1.35. The fraction of sp³-hybridized carbons (Fsp3) is 0.600. The first-order valence-electron chi connectivity index (χ1n) is 21.1. The summed E-state index contributed by atoms with van der Waals surface area (Å²) in [4.78, 5) is 68.0. The summed E-state index contributed by atoms with van der Waals surface area (Å²) in [6, 6.07) is 4.63. The van der Waals surface area contributed by atoms with Crippen LogP contribution in [0.2, 0.25) is 5.02 Å². The molecule has 61 heavy (non-hydrogen) atoms. The molecule has 15 nitrogen and oxygen atoms in total. The van der Waals surface area contributed by atoms with Gasteiger partial charge in [-0.15, -0.1) is 6.58 Å². The molecule has 1 aliphatic carbocycles. The van der Waals surface area contributed by atoms with Crippen LogP contribution in [-0.4, -0.2) is 118 Å². The van der Waals surface area contributed by atoms with Crippen molar-refractivity contribution in [1.29, 1.82) is 0 Å². The number of anilines is 1. The maximum Gasteiger partial charge on any atom is 0.310 e. The summed E-state index contributed by atoms with van der Waals surface area (Å²) in [6.07, 6.45) is 2.18. The lowest BCUT2D eigenvalue weighted by Gasteiger charge is -2.35. The first-order chi connectivity index (χ1) is 28.7. The number of hydrogen-bond acceptors (Lipinski definition) is 13. The third kappa shape index (κ3) is 10.8. The highest BCUT2D eigenvalue weighted by molar-refractivity contribution is 6.36. The van der Waals surface area contributed by atoms with Crippen LogP contribution in [-0.2, 0) is 28.7 Å². The molecule has 0 radical (unpaired) electrons. The molecule has 3 fully saturated rings. The number of morpholine rings is 1. The van der Waals surface area contributed by atoms with Crippen LogP contribution in [0.5, 0.6) is 11.5 Å². The van der Waals surface area contributed by atoms with E-state index in [-0.39, 0.29) is 49.2 Å². The molecule has 3 aromatic rings. The van der Waals surface area contributed by atoms with E-state index in [4.69, 9.17) is 39.9 Å². The molecule has 1 saturated carbocycles. The van der Waals surface area contributed by atoms with Gasteiger partial charge in [-0.1, -0.05) is 38.4 Å². The Hall–Kier alpha value is -4.73. The van der Waals surface area contributed by atoms with E-state index in [0.29, 0.717) is 66.2 Å². The smallest absolute Gasteiger partial charge is 0.310 e. The molecule has 2 saturated heterocycles. The minimum absolute atomic E-state index is 0.0108. The highest BCUT2D eigenvalue weighted by Gasteiger charge is 2.61. The lowest BCUT2D eigenvalue weighted by molar-refractivity contribution is -0.161. The summed E-state index contributed by atoms with van der Waals surface area (Å²) < 4.78 is 29.8. The number of carboxylic acid groups (broad SMARTS) is 1. The van der Waals surface area contributed by atoms with Crippen LogP contribution < -0.4 is 14.8 Å². The Morgan fingerprint density at radius 1 is 1.08 bits per heavy atom. The Bertz CT molecular complexity index is 2120. The molecule has 0 bridgehead atoms. The summed E-state index contributed by atoms with van der Waals surface area (Å²) in [7, 11) is 0. The number of ketones is 1. The van der Waals surface area contributed by atoms with Crippen LogP contribution in [0.1, 0.15) is 81.1 Å². The number of pyridine rings is 1. The van der Waals surface area contributed by atoms with Crippen molar-refractivity contribution in [3.05, 3.63) is 42.1 Å². The molecular formula is C45H60ClN5O10. The molecule has 0 spiro atoms. The molecule has 16 heteroatoms. The second-order valence-electron chi connectivity index (χ2n) is 18.8. The molecule has 332 valence electrons. The third-order valence-corrected chi connectivity index (χ3v) is 11.8. The van der Waals surface area contributed by atoms with Crippen molar-refractivity contribution in [1.82, 2.24) is 19.8 Å². The number of carbonyl (C=O) groups is 4. The van der Waals surface area contributed by atoms with E-state index in [1.165, 1.54) is 11.2 Å². The summed E-state index contributed by atoms with van der Waals surface area (Å²) >= 11 is 7.07. The van der Waals surface area contributed by atoms with Gasteiger partial charge in [-0.3, -0.25) is 24.1 Å². The van der Waals surface area contributed by atoms with E-state index in [1.807, 2.05) is 40.7 Å². The third-order valence-electron chi connectivity index (χ3n) is 11.5. The zero-order chi connectivity index (χ0) is 44.4. The lowest BCUT2D eigenvalue weighted by atomic mass is 9.77. The second kappa shape index (κ2) is 18.3. The van der Waals surface area contributed by atoms with Gasteiger partial charge in [-0.2, -0.15) is 4.98 Å². The number of ether oxygens (including phenoxy) is 4. The number of likely N-dealkylation sites (tertiary alicyclic amines) is 1. The zero-order valence-corrected chi connectivity index (χ0v) is 37.3. The van der Waals surface area contributed by atoms with E-state index in [2.05, 4.69) is 21.8 Å². The van der Waals surface area contributed by atoms with E-state index in [9.17, 15) is 24.3 Å². The number of rotatable bonds is 17. The number of allylic oxidation sites excluding steroid dienone is 1. The summed E-state index contributed by atoms with van der Waals surface area (Å²) in [6.45, 7) is 22.6. The molecule has 3 aliphatic rings. The zero-order valence-electron chi connectivity index (χ0n) is 36.5. The normalized spacial score (nSPS) is 22.5. The molecule has 1 amide bonds. The Kier molecular flexibility index (Phi) is 13.7. The van der Waals surface area contributed by atoms with Crippen LogP contribution in [0.3, 0.4) is 0 Å². The number of halogens is 1. The fourth-order valence-electron chi connectivity index (χ4n) is 8.08. The fourth-order valence-corrected chi connectivity index (χ4v) is 8.35. The quantitative estimate of drug-likeness (QED) is 0.104. The predicted octanol–water partition coefficient (Wildman–Crippen LogP) is 7.05. The Morgan fingerprint density at radius 3 is 2.43 bits per heavy atom. The Labute approximate surface area is 362 Å². The molecular weight excluding hydrogens is 806 g/mol. The minimum atomic E-state index is -1.29. The van der Waals surface area contributed by atoms with Crippen molar-refractivity contribution in [2.75, 3.05) is 51.3 Å². The van der Waals surface area contributed by atoms with Crippen molar-refractivity contribution in [3.63, 3.8) is 0 Å². The number of Topliss-reactive ketones (excluding diaryl/α,β-unsaturated/α-hetero) is 1. The summed E-state index contributed by atoms with van der Waals surface area (Å²) in [5, 5.41) is 14.2. The average Bonchev–Trinajstić information content (AvgIpc) is 3.45. The van der Waals surface area contributed by atoms with Crippen LogP contribution in [0.25, 0.3) is 22.3 Å². The standard InChI is InChI=1S/C45H60ClN5O10/c1-10-27-22-45(27,41(55)56)23-34(52)33-19-28(24-51(33)40(54)30(43(4,5)6)20-37(53)61-44(7,8)9)60-36-21-31(32-25-59-42(49-32)47-26(2)3)48-39-29(36)11-12-35(38(39)46)58-18-15-50-13-16-57-17-14-50/h10-12,21,25-28,30,33H,1,13-20,22-24H2,2-9H3,(H,47,49)(H,55,56)/t27-,28-,30-,33+,45-/m1/s1. The molecule has 2 aliphatic heterocycles. The lowest BCUT2D eigenvalue weighted by Crippen LogP contribution is -2.48. The number of aromatic nitrogens is 2. The van der Waals surface area contributed by atoms with Crippen LogP contribution in [0, 0.1) is 22.7 Å². The SMILES string of the molecule is C=C[C@@H]1C[C@]1(CC(=O)[C@@H]1C[C@@H](Oc2cc(-c3coc(NC(C)C)n3)nc3c(Cl)c(OCCN4CCOCC4)ccc23)CN1C(=O)[C@@H](CC(=O)OC(C)(C)C)C(C)(C)C)C(=O)O. The number of aliphatic carboxylic acids is 1. The van der Waals surface area contributed by atoms with Crippen LogP contribution in [0.4, 0.5) is 6.01 Å². The molecule has 5 atom stereocenters. The van der Waals surface area contributed by atoms with E-state index in [1.54, 1.807) is 39.0 Å². The summed E-state index contributed by atoms with van der Waals surface area (Å²) in [5.74, 6) is -2.86. The number of amides is 1. The number of carbonyl (C=O) groups excluding carboxylic acids is 3. The molecule has 4 heterocycles. The maximum atomic E-state index is 14.7. The average molecular weight is 866 g/mol. The van der Waals surface area contributed by atoms with Gasteiger partial charge >= 0.3 is 11.9 Å². The first-order valence-corrected chi connectivity index (χ1v) is 21.4. The van der Waals surface area contributed by atoms with Gasteiger partial charge in [-0.25, -0.2) is 4.98 Å². The number of fused-ring (bicyclic) bond motifs is 1. The van der Waals surface area contributed by atoms with Crippen molar-refractivity contribution in [3.8, 4) is 22.9 Å². The van der Waals surface area contributed by atoms with Gasteiger partial charge in [0.1, 0.15) is 46.8 Å². The van der Waals surface area contributed by atoms with Crippen LogP contribution >= 0.6 is 11.6 Å². The summed E-state index contributed by atoms with van der Waals surface area (Å²) in [5.41, 5.74) is -1.57. The number of carboxylic acids is 1. The monoisotopic (exact) mass is 865 g/mol. The Morgan fingerprint density at radius 2 is 1.80 bits per heavy atom. The van der Waals surface area contributed by atoms with Crippen molar-refractivity contribution in [2.24, 2.45) is 22.7 Å². The number of benzene rings is 1. The van der Waals surface area contributed by atoms with E-state index >= 15 is 0 Å². The highest BCUT2D eigenvalue weighted by atomic mass is 35.5. The predicted molar refractivity (Wildman–Crippen MR) is 230 cm³/mol. The van der Waals surface area contributed by atoms with Gasteiger partial charge in [0.2, 0.25) is 5.91 Å². The van der Waals surface area contributed by atoms with Crippen LogP contribution in [0.15, 0.2) is 41.5 Å². The number of hydrogen-bond donors (Lipinski definition) is 2. The van der Waals surface area contributed by atoms with Gasteiger partial charge in [0.05, 0.1) is 54.8 Å². The second-order valence-corrected chi connectivity index (χ2v) is 19.1. The number of esters is 1. The number of nitrogens with one attached hydrogen (secondary N) is 1. The first kappa shape index (κ1) is 45.8. The van der Waals surface area contributed by atoms with Gasteiger partial charge in [0.15, 0.2) is 5.78 Å². The van der Waals surface area contributed by atoms with Crippen molar-refractivity contribution < 1.29 is 47.6 Å². The van der Waals surface area contributed by atoms with Gasteiger partial charge in [0, 0.05) is 50.0 Å². The number of oxazole rings is 1. The highest BCUT2D eigenvalue weighted by Crippen LogP contribution is 2.57. The molecule has 0 unspecified atom stereocenters.